The Morgan fingerprint density at radius 3 is 1.70 bits per heavy atom. The number of aromatic nitrogens is 2. The number of fused-ring (bicyclic) bond motifs is 1. The van der Waals surface area contributed by atoms with E-state index < -0.39 is 0 Å². The van der Waals surface area contributed by atoms with Crippen LogP contribution in [0.3, 0.4) is 0 Å². The zero-order valence-corrected chi connectivity index (χ0v) is 29.6. The first kappa shape index (κ1) is 32.7. The number of nitrogens with one attached hydrogen (secondary N) is 2. The van der Waals surface area contributed by atoms with Gasteiger partial charge < -0.3 is 10.6 Å². The second-order valence-electron chi connectivity index (χ2n) is 11.6. The van der Waals surface area contributed by atoms with Crippen molar-refractivity contribution in [3.8, 4) is 41.8 Å². The minimum Gasteiger partial charge on any atom is -0.382 e. The zero-order chi connectivity index (χ0) is 32.6. The summed E-state index contributed by atoms with van der Waals surface area (Å²) in [4.78, 5) is 4.88. The van der Waals surface area contributed by atoms with Crippen molar-refractivity contribution in [1.29, 1.82) is 0 Å². The van der Waals surface area contributed by atoms with Gasteiger partial charge in [-0.2, -0.15) is 8.75 Å². The number of unbranched alkanes of at least 4 members (excludes halogenated alkanes) is 1. The number of nitrogens with zero attached hydrogens (tertiary/aromatic N) is 2. The van der Waals surface area contributed by atoms with Crippen molar-refractivity contribution in [2.45, 2.75) is 65.0 Å². The SMILES string of the molecule is C=C=C=CC(CC)Nc1ccc(-c2ccc(-c3ccc(-c4ccc(-c5ccc(NC(CC)CCCC)cc5)s4)c4nsnc34)s2)cc1. The van der Waals surface area contributed by atoms with Crippen LogP contribution in [0.5, 0.6) is 0 Å². The summed E-state index contributed by atoms with van der Waals surface area (Å²) in [5, 5.41) is 7.25. The summed E-state index contributed by atoms with van der Waals surface area (Å²) in [6.45, 7) is 10.3. The lowest BCUT2D eigenvalue weighted by Crippen LogP contribution is -2.18. The normalized spacial score (nSPS) is 12.3. The molecule has 0 saturated carbocycles. The predicted octanol–water partition coefficient (Wildman–Crippen LogP) is 12.5. The summed E-state index contributed by atoms with van der Waals surface area (Å²) in [7, 11) is 0. The van der Waals surface area contributed by atoms with Crippen LogP contribution in [0.1, 0.15) is 52.9 Å². The van der Waals surface area contributed by atoms with Crippen LogP contribution in [-0.4, -0.2) is 20.8 Å². The van der Waals surface area contributed by atoms with Gasteiger partial charge in [0.05, 0.1) is 17.8 Å². The Balaban J connectivity index is 1.19. The molecule has 3 aromatic heterocycles. The van der Waals surface area contributed by atoms with Gasteiger partial charge in [-0.25, -0.2) is 0 Å². The van der Waals surface area contributed by atoms with E-state index in [0.29, 0.717) is 6.04 Å². The summed E-state index contributed by atoms with van der Waals surface area (Å²) in [6, 6.07) is 31.5. The van der Waals surface area contributed by atoms with Crippen LogP contribution in [0, 0.1) is 0 Å². The zero-order valence-electron chi connectivity index (χ0n) is 27.2. The maximum Gasteiger partial charge on any atom is 0.114 e. The molecule has 3 heterocycles. The Bertz CT molecular complexity index is 2000. The molecule has 3 aromatic carbocycles. The third-order valence-electron chi connectivity index (χ3n) is 8.45. The molecular formula is C40H40N4S3. The highest BCUT2D eigenvalue weighted by molar-refractivity contribution is 7.19. The maximum absolute atomic E-state index is 4.77. The van der Waals surface area contributed by atoms with Crippen molar-refractivity contribution in [3.63, 3.8) is 0 Å². The van der Waals surface area contributed by atoms with Crippen molar-refractivity contribution < 1.29 is 0 Å². The molecule has 2 N–H and O–H groups in total. The summed E-state index contributed by atoms with van der Waals surface area (Å²) in [5.74, 6) is 0. The van der Waals surface area contributed by atoms with Crippen molar-refractivity contribution in [2.75, 3.05) is 10.6 Å². The Labute approximate surface area is 290 Å². The standard InChI is InChI=1S/C40H40N4S3/c1-5-9-11-29(7-3)41-31-17-13-27(14-18-31)35-23-25-37(45-35)33-21-22-34(40-39(33)43-47-44-40)38-26-24-36(46-38)28-15-19-32(20-16-28)42-30(8-4)12-10-6-2/h11,13-26,29-30,41-42H,1,6-8,10,12H2,2-4H3. The number of thiophene rings is 2. The molecule has 0 radical (unpaired) electrons. The fourth-order valence-corrected chi connectivity index (χ4v) is 8.35. The lowest BCUT2D eigenvalue weighted by Gasteiger charge is -2.18. The first-order valence-electron chi connectivity index (χ1n) is 16.4. The van der Waals surface area contributed by atoms with Crippen LogP contribution in [0.25, 0.3) is 52.8 Å². The van der Waals surface area contributed by atoms with Crippen LogP contribution in [0.4, 0.5) is 11.4 Å². The summed E-state index contributed by atoms with van der Waals surface area (Å²) < 4.78 is 9.53. The van der Waals surface area contributed by atoms with E-state index in [1.807, 2.05) is 17.4 Å². The smallest absolute Gasteiger partial charge is 0.114 e. The van der Waals surface area contributed by atoms with E-state index in [2.05, 4.69) is 134 Å². The molecule has 0 fully saturated rings. The molecule has 0 aliphatic carbocycles. The molecule has 0 bridgehead atoms. The highest BCUT2D eigenvalue weighted by atomic mass is 32.1. The van der Waals surface area contributed by atoms with Crippen LogP contribution in [0.2, 0.25) is 0 Å². The molecule has 0 aliphatic heterocycles. The summed E-state index contributed by atoms with van der Waals surface area (Å²) in [5.41, 5.74) is 14.6. The second kappa shape index (κ2) is 15.6. The Kier molecular flexibility index (Phi) is 10.8. The van der Waals surface area contributed by atoms with Gasteiger partial charge in [-0.15, -0.1) is 22.7 Å². The van der Waals surface area contributed by atoms with Crippen LogP contribution in [0.15, 0.2) is 109 Å². The van der Waals surface area contributed by atoms with Crippen molar-refractivity contribution in [3.05, 3.63) is 109 Å². The highest BCUT2D eigenvalue weighted by Gasteiger charge is 2.17. The van der Waals surface area contributed by atoms with E-state index in [1.54, 1.807) is 11.3 Å². The first-order chi connectivity index (χ1) is 23.1. The molecule has 7 heteroatoms. The van der Waals surface area contributed by atoms with E-state index in [1.165, 1.54) is 67.3 Å². The molecule has 0 spiro atoms. The Hall–Kier alpha value is -4.22. The average Bonchev–Trinajstić information content (AvgIpc) is 3.91. The van der Waals surface area contributed by atoms with Gasteiger partial charge in [0.25, 0.3) is 0 Å². The van der Waals surface area contributed by atoms with Crippen LogP contribution < -0.4 is 10.6 Å². The number of rotatable bonds is 14. The van der Waals surface area contributed by atoms with Crippen molar-refractivity contribution in [1.82, 2.24) is 8.75 Å². The van der Waals surface area contributed by atoms with Gasteiger partial charge >= 0.3 is 0 Å². The van der Waals surface area contributed by atoms with Gasteiger partial charge in [-0.3, -0.25) is 0 Å². The quantitative estimate of drug-likeness (QED) is 0.113. The first-order valence-corrected chi connectivity index (χ1v) is 18.8. The van der Waals surface area contributed by atoms with Crippen molar-refractivity contribution in [2.24, 2.45) is 0 Å². The minimum atomic E-state index is 0.198. The molecule has 4 nitrogen and oxygen atoms in total. The lowest BCUT2D eigenvalue weighted by atomic mass is 10.1. The largest absolute Gasteiger partial charge is 0.382 e. The fourth-order valence-electron chi connectivity index (χ4n) is 5.70. The predicted molar refractivity (Wildman–Crippen MR) is 207 cm³/mol. The minimum absolute atomic E-state index is 0.198. The summed E-state index contributed by atoms with van der Waals surface area (Å²) >= 11 is 4.88. The highest BCUT2D eigenvalue weighted by Crippen LogP contribution is 2.42. The van der Waals surface area contributed by atoms with E-state index in [9.17, 15) is 0 Å². The maximum atomic E-state index is 4.77. The van der Waals surface area contributed by atoms with Crippen molar-refractivity contribution >= 4 is 56.8 Å². The second-order valence-corrected chi connectivity index (χ2v) is 14.3. The molecule has 6 rings (SSSR count). The lowest BCUT2D eigenvalue weighted by molar-refractivity contribution is 0.593. The molecule has 2 unspecified atom stereocenters. The Morgan fingerprint density at radius 2 is 1.21 bits per heavy atom. The average molecular weight is 673 g/mol. The molecule has 0 amide bonds. The molecule has 47 heavy (non-hydrogen) atoms. The monoisotopic (exact) mass is 672 g/mol. The third kappa shape index (κ3) is 7.68. The molecular weight excluding hydrogens is 633 g/mol. The van der Waals surface area contributed by atoms with E-state index in [4.69, 9.17) is 8.75 Å². The topological polar surface area (TPSA) is 49.8 Å². The van der Waals surface area contributed by atoms with E-state index in [0.717, 1.165) is 40.7 Å². The van der Waals surface area contributed by atoms with Gasteiger partial charge in [0.1, 0.15) is 11.0 Å². The summed E-state index contributed by atoms with van der Waals surface area (Å²) in [6.07, 6.45) is 7.79. The van der Waals surface area contributed by atoms with Crippen LogP contribution in [-0.2, 0) is 0 Å². The fraction of sp³-hybridized carbons (Fsp3) is 0.250. The molecule has 6 aromatic rings. The number of hydrogen-bond acceptors (Lipinski definition) is 7. The molecule has 0 saturated heterocycles. The number of anilines is 2. The van der Waals surface area contributed by atoms with E-state index >= 15 is 0 Å². The van der Waals surface area contributed by atoms with Crippen LogP contribution >= 0.6 is 34.4 Å². The number of benzene rings is 3. The van der Waals surface area contributed by atoms with E-state index in [-0.39, 0.29) is 6.04 Å². The third-order valence-corrected chi connectivity index (χ3v) is 11.3. The van der Waals surface area contributed by atoms with Gasteiger partial charge in [-0.1, -0.05) is 81.5 Å². The van der Waals surface area contributed by atoms with Gasteiger partial charge in [0, 0.05) is 48.1 Å². The molecule has 238 valence electrons. The number of hydrogen-bond donors (Lipinski definition) is 2. The van der Waals surface area contributed by atoms with Gasteiger partial charge in [-0.05, 0) is 91.6 Å². The Morgan fingerprint density at radius 1 is 0.681 bits per heavy atom. The molecule has 0 aliphatic rings. The van der Waals surface area contributed by atoms with Gasteiger partial charge in [0.2, 0.25) is 0 Å². The van der Waals surface area contributed by atoms with Gasteiger partial charge in [0.15, 0.2) is 0 Å². The molecule has 2 atom stereocenters.